The molecule has 1 aliphatic rings. The van der Waals surface area contributed by atoms with Gasteiger partial charge in [0.05, 0.1) is 22.4 Å². The molecule has 1 aliphatic carbocycles. The third-order valence-electron chi connectivity index (χ3n) is 4.29. The lowest BCUT2D eigenvalue weighted by Gasteiger charge is -2.22. The summed E-state index contributed by atoms with van der Waals surface area (Å²) in [6, 6.07) is 5.75. The first-order valence-electron chi connectivity index (χ1n) is 7.84. The van der Waals surface area contributed by atoms with Crippen LogP contribution in [-0.4, -0.2) is 20.3 Å². The standard InChI is InChI=1S/C17H18N4OS/c1-10-16(21-9-4-3-8-14(21)18-10)17(22)20-12-6-5-7-13-15(12)19-11(2)23-13/h3-4,8-9,12H,5-7H2,1-2H3,(H,20,22)/t12-/m1/s1. The average molecular weight is 326 g/mol. The number of hydrogen-bond donors (Lipinski definition) is 1. The Bertz CT molecular complexity index is 895. The van der Waals surface area contributed by atoms with E-state index in [0.29, 0.717) is 5.69 Å². The lowest BCUT2D eigenvalue weighted by Crippen LogP contribution is -2.32. The summed E-state index contributed by atoms with van der Waals surface area (Å²) < 4.78 is 1.85. The van der Waals surface area contributed by atoms with Crippen LogP contribution in [0.1, 0.15) is 50.6 Å². The summed E-state index contributed by atoms with van der Waals surface area (Å²) in [6.45, 7) is 3.90. The Morgan fingerprint density at radius 3 is 3.09 bits per heavy atom. The third kappa shape index (κ3) is 2.43. The van der Waals surface area contributed by atoms with Crippen molar-refractivity contribution in [2.75, 3.05) is 0 Å². The van der Waals surface area contributed by atoms with Crippen molar-refractivity contribution in [3.63, 3.8) is 0 Å². The van der Waals surface area contributed by atoms with Crippen LogP contribution in [0.4, 0.5) is 0 Å². The molecule has 0 aliphatic heterocycles. The number of carbonyl (C=O) groups is 1. The fourth-order valence-electron chi connectivity index (χ4n) is 3.29. The summed E-state index contributed by atoms with van der Waals surface area (Å²) in [5.74, 6) is -0.0790. The van der Waals surface area contributed by atoms with Crippen LogP contribution in [0.5, 0.6) is 0 Å². The van der Waals surface area contributed by atoms with Gasteiger partial charge >= 0.3 is 0 Å². The topological polar surface area (TPSA) is 59.3 Å². The molecule has 1 amide bonds. The van der Waals surface area contributed by atoms with E-state index in [-0.39, 0.29) is 11.9 Å². The molecule has 0 spiro atoms. The van der Waals surface area contributed by atoms with E-state index in [9.17, 15) is 4.79 Å². The summed E-state index contributed by atoms with van der Waals surface area (Å²) in [4.78, 5) is 23.2. The van der Waals surface area contributed by atoms with Crippen molar-refractivity contribution in [2.24, 2.45) is 0 Å². The number of hydrogen-bond acceptors (Lipinski definition) is 4. The Balaban J connectivity index is 1.67. The normalized spacial score (nSPS) is 17.2. The van der Waals surface area contributed by atoms with E-state index in [2.05, 4.69) is 15.3 Å². The number of thiazole rings is 1. The lowest BCUT2D eigenvalue weighted by molar-refractivity contribution is 0.0925. The molecule has 23 heavy (non-hydrogen) atoms. The second-order valence-electron chi connectivity index (χ2n) is 5.93. The number of aromatic nitrogens is 3. The minimum absolute atomic E-state index is 0.00450. The van der Waals surface area contributed by atoms with Gasteiger partial charge in [0.2, 0.25) is 0 Å². The molecule has 5 nitrogen and oxygen atoms in total. The molecule has 1 atom stereocenters. The van der Waals surface area contributed by atoms with Crippen molar-refractivity contribution in [1.82, 2.24) is 19.7 Å². The number of carbonyl (C=O) groups excluding carboxylic acids is 1. The molecule has 1 N–H and O–H groups in total. The number of nitrogens with zero attached hydrogens (tertiary/aromatic N) is 3. The monoisotopic (exact) mass is 326 g/mol. The highest BCUT2D eigenvalue weighted by Gasteiger charge is 2.27. The summed E-state index contributed by atoms with van der Waals surface area (Å²) in [5, 5.41) is 4.24. The van der Waals surface area contributed by atoms with Crippen LogP contribution in [0.3, 0.4) is 0 Å². The Labute approximate surface area is 138 Å². The molecule has 0 radical (unpaired) electrons. The van der Waals surface area contributed by atoms with Crippen molar-refractivity contribution in [3.05, 3.63) is 51.4 Å². The highest BCUT2D eigenvalue weighted by Crippen LogP contribution is 2.33. The van der Waals surface area contributed by atoms with Crippen LogP contribution < -0.4 is 5.32 Å². The minimum atomic E-state index is -0.0790. The predicted octanol–water partition coefficient (Wildman–Crippen LogP) is 3.22. The summed E-state index contributed by atoms with van der Waals surface area (Å²) in [6.07, 6.45) is 4.98. The zero-order chi connectivity index (χ0) is 16.0. The molecule has 3 aromatic rings. The Morgan fingerprint density at radius 1 is 1.35 bits per heavy atom. The highest BCUT2D eigenvalue weighted by molar-refractivity contribution is 7.11. The largest absolute Gasteiger partial charge is 0.342 e. The fourth-order valence-corrected chi connectivity index (χ4v) is 4.33. The number of aryl methyl sites for hydroxylation is 3. The van der Waals surface area contributed by atoms with Crippen molar-refractivity contribution in [3.8, 4) is 0 Å². The van der Waals surface area contributed by atoms with Gasteiger partial charge in [0, 0.05) is 11.1 Å². The number of amides is 1. The molecule has 6 heteroatoms. The molecule has 0 aromatic carbocycles. The van der Waals surface area contributed by atoms with Gasteiger partial charge in [0.15, 0.2) is 0 Å². The number of pyridine rings is 1. The van der Waals surface area contributed by atoms with E-state index in [4.69, 9.17) is 0 Å². The van der Waals surface area contributed by atoms with Crippen LogP contribution in [-0.2, 0) is 6.42 Å². The number of nitrogens with one attached hydrogen (secondary N) is 1. The Morgan fingerprint density at radius 2 is 2.22 bits per heavy atom. The van der Waals surface area contributed by atoms with Crippen LogP contribution in [0.25, 0.3) is 5.65 Å². The average Bonchev–Trinajstić information content (AvgIpc) is 3.06. The van der Waals surface area contributed by atoms with E-state index in [1.165, 1.54) is 4.88 Å². The lowest BCUT2D eigenvalue weighted by atomic mass is 9.97. The molecule has 4 rings (SSSR count). The van der Waals surface area contributed by atoms with E-state index in [0.717, 1.165) is 41.3 Å². The maximum absolute atomic E-state index is 12.8. The van der Waals surface area contributed by atoms with Gasteiger partial charge in [-0.1, -0.05) is 6.07 Å². The number of rotatable bonds is 2. The SMILES string of the molecule is Cc1nc2c(s1)CCC[C@H]2NC(=O)c1c(C)nc2ccccn12. The summed E-state index contributed by atoms with van der Waals surface area (Å²) in [7, 11) is 0. The molecule has 0 fully saturated rings. The van der Waals surface area contributed by atoms with E-state index >= 15 is 0 Å². The Kier molecular flexibility index (Phi) is 3.41. The highest BCUT2D eigenvalue weighted by atomic mass is 32.1. The van der Waals surface area contributed by atoms with E-state index in [1.807, 2.05) is 42.6 Å². The van der Waals surface area contributed by atoms with Gasteiger partial charge in [-0.3, -0.25) is 9.20 Å². The molecule has 0 unspecified atom stereocenters. The van der Waals surface area contributed by atoms with Crippen molar-refractivity contribution >= 4 is 22.9 Å². The Hall–Kier alpha value is -2.21. The van der Waals surface area contributed by atoms with Gasteiger partial charge in [0.25, 0.3) is 5.91 Å². The first kappa shape index (κ1) is 14.4. The summed E-state index contributed by atoms with van der Waals surface area (Å²) >= 11 is 1.74. The molecule has 0 saturated carbocycles. The van der Waals surface area contributed by atoms with Crippen LogP contribution in [0.15, 0.2) is 24.4 Å². The molecule has 0 saturated heterocycles. The van der Waals surface area contributed by atoms with Gasteiger partial charge in [-0.05, 0) is 45.2 Å². The summed E-state index contributed by atoms with van der Waals surface area (Å²) in [5.41, 5.74) is 3.21. The molecule has 3 aromatic heterocycles. The number of fused-ring (bicyclic) bond motifs is 2. The first-order valence-corrected chi connectivity index (χ1v) is 8.66. The van der Waals surface area contributed by atoms with Gasteiger partial charge in [-0.15, -0.1) is 11.3 Å². The fraction of sp³-hybridized carbons (Fsp3) is 0.353. The second-order valence-corrected chi connectivity index (χ2v) is 7.22. The maximum atomic E-state index is 12.8. The first-order chi connectivity index (χ1) is 11.1. The van der Waals surface area contributed by atoms with Gasteiger partial charge in [0.1, 0.15) is 11.3 Å². The molecule has 3 heterocycles. The zero-order valence-corrected chi connectivity index (χ0v) is 14.0. The van der Waals surface area contributed by atoms with Gasteiger partial charge in [-0.2, -0.15) is 0 Å². The molecular formula is C17H18N4OS. The van der Waals surface area contributed by atoms with E-state index in [1.54, 1.807) is 11.3 Å². The second kappa shape index (κ2) is 5.45. The molecule has 118 valence electrons. The quantitative estimate of drug-likeness (QED) is 0.786. The minimum Gasteiger partial charge on any atom is -0.342 e. The predicted molar refractivity (Wildman–Crippen MR) is 89.9 cm³/mol. The van der Waals surface area contributed by atoms with Crippen LogP contribution >= 0.6 is 11.3 Å². The van der Waals surface area contributed by atoms with Crippen LogP contribution in [0, 0.1) is 13.8 Å². The maximum Gasteiger partial charge on any atom is 0.270 e. The number of imidazole rings is 1. The molecule has 0 bridgehead atoms. The van der Waals surface area contributed by atoms with Crippen molar-refractivity contribution in [2.45, 2.75) is 39.2 Å². The van der Waals surface area contributed by atoms with Crippen molar-refractivity contribution in [1.29, 1.82) is 0 Å². The zero-order valence-electron chi connectivity index (χ0n) is 13.2. The van der Waals surface area contributed by atoms with Gasteiger partial charge in [-0.25, -0.2) is 9.97 Å². The van der Waals surface area contributed by atoms with E-state index < -0.39 is 0 Å². The smallest absolute Gasteiger partial charge is 0.270 e. The molecular weight excluding hydrogens is 308 g/mol. The van der Waals surface area contributed by atoms with Crippen LogP contribution in [0.2, 0.25) is 0 Å². The van der Waals surface area contributed by atoms with Gasteiger partial charge < -0.3 is 5.32 Å². The van der Waals surface area contributed by atoms with Crippen molar-refractivity contribution < 1.29 is 4.79 Å². The third-order valence-corrected chi connectivity index (χ3v) is 5.33.